The molecule has 0 radical (unpaired) electrons. The molecule has 0 aliphatic carbocycles. The summed E-state index contributed by atoms with van der Waals surface area (Å²) in [6, 6.07) is 7.52. The van der Waals surface area contributed by atoms with E-state index in [1.807, 2.05) is 7.05 Å². The van der Waals surface area contributed by atoms with Crippen LogP contribution in [0.5, 0.6) is 0 Å². The van der Waals surface area contributed by atoms with Crippen LogP contribution in [0.25, 0.3) is 0 Å². The smallest absolute Gasteiger partial charge is 0.156 e. The molecule has 17 heavy (non-hydrogen) atoms. The van der Waals surface area contributed by atoms with Gasteiger partial charge in [0, 0.05) is 12.7 Å². The van der Waals surface area contributed by atoms with Gasteiger partial charge in [0.25, 0.3) is 0 Å². The predicted molar refractivity (Wildman–Crippen MR) is 61.6 cm³/mol. The molecule has 0 fully saturated rings. The van der Waals surface area contributed by atoms with E-state index in [0.717, 1.165) is 5.69 Å². The second-order valence-electron chi connectivity index (χ2n) is 3.64. The summed E-state index contributed by atoms with van der Waals surface area (Å²) in [4.78, 5) is 3.96. The third-order valence-corrected chi connectivity index (χ3v) is 2.43. The summed E-state index contributed by atoms with van der Waals surface area (Å²) in [5.74, 6) is -0.301. The lowest BCUT2D eigenvalue weighted by atomic mass is 10.2. The van der Waals surface area contributed by atoms with Crippen LogP contribution in [-0.2, 0) is 7.05 Å². The second-order valence-corrected chi connectivity index (χ2v) is 3.64. The van der Waals surface area contributed by atoms with Crippen LogP contribution in [0.1, 0.15) is 11.7 Å². The number of nitrogens with zero attached hydrogens (tertiary/aromatic N) is 3. The molecular formula is C12H11FN4. The lowest BCUT2D eigenvalue weighted by Gasteiger charge is -2.13. The zero-order chi connectivity index (χ0) is 12.3. The van der Waals surface area contributed by atoms with Gasteiger partial charge in [0.2, 0.25) is 0 Å². The molecule has 1 aromatic heterocycles. The van der Waals surface area contributed by atoms with Crippen molar-refractivity contribution in [3.63, 3.8) is 0 Å². The van der Waals surface area contributed by atoms with E-state index in [1.54, 1.807) is 29.2 Å². The minimum atomic E-state index is -0.507. The highest BCUT2D eigenvalue weighted by Gasteiger charge is 2.13. The number of halogens is 1. The van der Waals surface area contributed by atoms with Crippen LogP contribution in [0.15, 0.2) is 36.8 Å². The molecule has 0 amide bonds. The molecule has 1 unspecified atom stereocenters. The maximum atomic E-state index is 12.7. The van der Waals surface area contributed by atoms with Gasteiger partial charge in [0.15, 0.2) is 6.04 Å². The fraction of sp³-hybridized carbons (Fsp3) is 0.167. The number of aromatic nitrogens is 2. The zero-order valence-electron chi connectivity index (χ0n) is 9.26. The summed E-state index contributed by atoms with van der Waals surface area (Å²) in [6.45, 7) is 0. The highest BCUT2D eigenvalue weighted by Crippen LogP contribution is 2.18. The van der Waals surface area contributed by atoms with Crippen molar-refractivity contribution in [1.29, 1.82) is 5.26 Å². The van der Waals surface area contributed by atoms with E-state index >= 15 is 0 Å². The van der Waals surface area contributed by atoms with E-state index in [9.17, 15) is 4.39 Å². The predicted octanol–water partition coefficient (Wildman–Crippen LogP) is 2.24. The largest absolute Gasteiger partial charge is 0.365 e. The van der Waals surface area contributed by atoms with Crippen LogP contribution in [0.2, 0.25) is 0 Å². The molecule has 0 aliphatic heterocycles. The molecule has 1 N–H and O–H groups in total. The van der Waals surface area contributed by atoms with Gasteiger partial charge in [-0.1, -0.05) is 0 Å². The standard InChI is InChI=1S/C12H11FN4/c1-17-8-15-7-12(17)11(6-14)16-10-4-2-9(13)3-5-10/h2-5,7-8,11,16H,1H3. The third kappa shape index (κ3) is 2.42. The monoisotopic (exact) mass is 230 g/mol. The summed E-state index contributed by atoms with van der Waals surface area (Å²) in [5, 5.41) is 12.1. The maximum Gasteiger partial charge on any atom is 0.156 e. The van der Waals surface area contributed by atoms with Crippen LogP contribution >= 0.6 is 0 Å². The fourth-order valence-electron chi connectivity index (χ4n) is 1.53. The Bertz CT molecular complexity index is 538. The molecule has 2 rings (SSSR count). The molecule has 1 atom stereocenters. The van der Waals surface area contributed by atoms with Crippen molar-refractivity contribution in [1.82, 2.24) is 9.55 Å². The third-order valence-electron chi connectivity index (χ3n) is 2.43. The summed E-state index contributed by atoms with van der Waals surface area (Å²) >= 11 is 0. The van der Waals surface area contributed by atoms with E-state index in [-0.39, 0.29) is 5.82 Å². The normalized spacial score (nSPS) is 11.8. The Morgan fingerprint density at radius 1 is 1.41 bits per heavy atom. The van der Waals surface area contributed by atoms with Crippen molar-refractivity contribution in [2.45, 2.75) is 6.04 Å². The van der Waals surface area contributed by atoms with Gasteiger partial charge in [0.05, 0.1) is 24.3 Å². The highest BCUT2D eigenvalue weighted by atomic mass is 19.1. The molecule has 0 saturated heterocycles. The molecule has 1 aromatic carbocycles. The number of rotatable bonds is 3. The summed E-state index contributed by atoms with van der Waals surface area (Å²) in [5.41, 5.74) is 1.45. The first kappa shape index (κ1) is 11.1. The van der Waals surface area contributed by atoms with Crippen LogP contribution in [0.3, 0.4) is 0 Å². The van der Waals surface area contributed by atoms with Crippen molar-refractivity contribution < 1.29 is 4.39 Å². The van der Waals surface area contributed by atoms with Crippen LogP contribution in [0.4, 0.5) is 10.1 Å². The molecule has 0 aliphatic rings. The first-order valence-electron chi connectivity index (χ1n) is 5.08. The highest BCUT2D eigenvalue weighted by molar-refractivity contribution is 5.46. The van der Waals surface area contributed by atoms with Gasteiger partial charge in [0.1, 0.15) is 5.82 Å². The minimum Gasteiger partial charge on any atom is -0.365 e. The van der Waals surface area contributed by atoms with Crippen molar-refractivity contribution in [2.75, 3.05) is 5.32 Å². The minimum absolute atomic E-state index is 0.301. The van der Waals surface area contributed by atoms with Crippen molar-refractivity contribution in [3.05, 3.63) is 48.3 Å². The Hall–Kier alpha value is -2.35. The number of imidazole rings is 1. The number of anilines is 1. The molecule has 0 spiro atoms. The van der Waals surface area contributed by atoms with Gasteiger partial charge in [-0.05, 0) is 24.3 Å². The van der Waals surface area contributed by atoms with Gasteiger partial charge in [-0.25, -0.2) is 9.37 Å². The topological polar surface area (TPSA) is 53.6 Å². The molecule has 0 bridgehead atoms. The lowest BCUT2D eigenvalue weighted by Crippen LogP contribution is -2.11. The molecule has 4 nitrogen and oxygen atoms in total. The van der Waals surface area contributed by atoms with Gasteiger partial charge < -0.3 is 9.88 Å². The molecule has 86 valence electrons. The number of benzene rings is 1. The molecule has 0 saturated carbocycles. The average Bonchev–Trinajstić information content (AvgIpc) is 2.75. The number of nitriles is 1. The molecular weight excluding hydrogens is 219 g/mol. The quantitative estimate of drug-likeness (QED) is 0.879. The average molecular weight is 230 g/mol. The van der Waals surface area contributed by atoms with Gasteiger partial charge in [-0.3, -0.25) is 0 Å². The van der Waals surface area contributed by atoms with E-state index in [2.05, 4.69) is 16.4 Å². The number of aryl methyl sites for hydroxylation is 1. The number of hydrogen-bond donors (Lipinski definition) is 1. The summed E-state index contributed by atoms with van der Waals surface area (Å²) in [6.07, 6.45) is 3.26. The SMILES string of the molecule is Cn1cncc1C(C#N)Nc1ccc(F)cc1. The van der Waals surface area contributed by atoms with E-state index < -0.39 is 6.04 Å². The Balaban J connectivity index is 2.19. The van der Waals surface area contributed by atoms with Crippen molar-refractivity contribution in [2.24, 2.45) is 7.05 Å². The van der Waals surface area contributed by atoms with Crippen LogP contribution < -0.4 is 5.32 Å². The summed E-state index contributed by atoms with van der Waals surface area (Å²) < 4.78 is 14.5. The van der Waals surface area contributed by atoms with Crippen molar-refractivity contribution >= 4 is 5.69 Å². The second kappa shape index (κ2) is 4.66. The lowest BCUT2D eigenvalue weighted by molar-refractivity contribution is 0.628. The Morgan fingerprint density at radius 3 is 2.65 bits per heavy atom. The van der Waals surface area contributed by atoms with E-state index in [4.69, 9.17) is 5.26 Å². The van der Waals surface area contributed by atoms with Gasteiger partial charge in [-0.2, -0.15) is 5.26 Å². The fourth-order valence-corrected chi connectivity index (χ4v) is 1.53. The molecule has 2 aromatic rings. The number of hydrogen-bond acceptors (Lipinski definition) is 3. The van der Waals surface area contributed by atoms with E-state index in [1.165, 1.54) is 12.1 Å². The van der Waals surface area contributed by atoms with Crippen LogP contribution in [0, 0.1) is 17.1 Å². The maximum absolute atomic E-state index is 12.7. The first-order valence-corrected chi connectivity index (χ1v) is 5.08. The number of nitrogens with one attached hydrogen (secondary N) is 1. The Kier molecular flexibility index (Phi) is 3.06. The Labute approximate surface area is 98.3 Å². The summed E-state index contributed by atoms with van der Waals surface area (Å²) in [7, 11) is 1.82. The van der Waals surface area contributed by atoms with Gasteiger partial charge in [-0.15, -0.1) is 0 Å². The first-order chi connectivity index (χ1) is 8.20. The zero-order valence-corrected chi connectivity index (χ0v) is 9.26. The van der Waals surface area contributed by atoms with E-state index in [0.29, 0.717) is 5.69 Å². The molecule has 5 heteroatoms. The van der Waals surface area contributed by atoms with Gasteiger partial charge >= 0.3 is 0 Å². The molecule has 1 heterocycles. The van der Waals surface area contributed by atoms with Crippen molar-refractivity contribution in [3.8, 4) is 6.07 Å². The van der Waals surface area contributed by atoms with Crippen LogP contribution in [-0.4, -0.2) is 9.55 Å². The Morgan fingerprint density at radius 2 is 2.12 bits per heavy atom.